The van der Waals surface area contributed by atoms with E-state index < -0.39 is 11.0 Å². The first-order chi connectivity index (χ1) is 6.60. The van der Waals surface area contributed by atoms with E-state index in [-0.39, 0.29) is 0 Å². The van der Waals surface area contributed by atoms with Gasteiger partial charge in [-0.2, -0.15) is 0 Å². The molecule has 0 bridgehead atoms. The van der Waals surface area contributed by atoms with Crippen LogP contribution in [0.25, 0.3) is 0 Å². The third-order valence-electron chi connectivity index (χ3n) is 1.65. The monoisotopic (exact) mass is 235 g/mol. The normalized spacial score (nSPS) is 12.3. The molecule has 0 aliphatic rings. The third kappa shape index (κ3) is 2.17. The molecule has 0 saturated carbocycles. The van der Waals surface area contributed by atoms with E-state index >= 15 is 0 Å². The Hall–Kier alpha value is -0.780. The van der Waals surface area contributed by atoms with Crippen LogP contribution in [-0.4, -0.2) is 18.4 Å². The van der Waals surface area contributed by atoms with Crippen LogP contribution in [0.4, 0.5) is 0 Å². The molecular weight excluding hydrogens is 226 g/mol. The van der Waals surface area contributed by atoms with Gasteiger partial charge in [0.25, 0.3) is 0 Å². The van der Waals surface area contributed by atoms with E-state index in [1.54, 1.807) is 6.07 Å². The standard InChI is InChI=1S/C8H10ClNO3S/c1-12-6-4-7(13-2)8(14(10)11)3-5(6)9/h3-4H,10H2,1-2H3. The van der Waals surface area contributed by atoms with Crippen LogP contribution in [0.5, 0.6) is 11.5 Å². The molecule has 0 amide bonds. The molecule has 0 spiro atoms. The summed E-state index contributed by atoms with van der Waals surface area (Å²) in [5, 5.41) is 5.59. The minimum atomic E-state index is -1.63. The van der Waals surface area contributed by atoms with Gasteiger partial charge in [0.2, 0.25) is 0 Å². The summed E-state index contributed by atoms with van der Waals surface area (Å²) < 4.78 is 21.0. The average molecular weight is 236 g/mol. The lowest BCUT2D eigenvalue weighted by molar-refractivity contribution is 0.387. The van der Waals surface area contributed by atoms with Crippen molar-refractivity contribution in [1.29, 1.82) is 0 Å². The fourth-order valence-corrected chi connectivity index (χ4v) is 1.87. The Bertz CT molecular complexity index is 370. The highest BCUT2D eigenvalue weighted by molar-refractivity contribution is 7.82. The summed E-state index contributed by atoms with van der Waals surface area (Å²) in [6.45, 7) is 0. The number of rotatable bonds is 3. The van der Waals surface area contributed by atoms with Crippen molar-refractivity contribution >= 4 is 22.6 Å². The maximum absolute atomic E-state index is 11.1. The van der Waals surface area contributed by atoms with Crippen LogP contribution in [0.2, 0.25) is 5.02 Å². The molecule has 0 saturated heterocycles. The summed E-state index contributed by atoms with van der Waals surface area (Å²) in [5.41, 5.74) is 0. The second kappa shape index (κ2) is 4.63. The van der Waals surface area contributed by atoms with Gasteiger partial charge in [0, 0.05) is 6.07 Å². The van der Waals surface area contributed by atoms with E-state index in [9.17, 15) is 4.21 Å². The molecule has 0 aromatic heterocycles. The predicted molar refractivity (Wildman–Crippen MR) is 55.2 cm³/mol. The zero-order chi connectivity index (χ0) is 10.7. The van der Waals surface area contributed by atoms with E-state index in [0.717, 1.165) is 0 Å². The molecule has 0 aliphatic carbocycles. The van der Waals surface area contributed by atoms with Gasteiger partial charge < -0.3 is 9.47 Å². The van der Waals surface area contributed by atoms with Gasteiger partial charge in [-0.3, -0.25) is 0 Å². The smallest absolute Gasteiger partial charge is 0.141 e. The van der Waals surface area contributed by atoms with E-state index in [1.165, 1.54) is 20.3 Å². The topological polar surface area (TPSA) is 61.6 Å². The summed E-state index contributed by atoms with van der Waals surface area (Å²) >= 11 is 5.83. The molecule has 1 atom stereocenters. The molecule has 78 valence electrons. The van der Waals surface area contributed by atoms with Crippen LogP contribution in [0, 0.1) is 0 Å². The van der Waals surface area contributed by atoms with E-state index in [1.807, 2.05) is 0 Å². The lowest BCUT2D eigenvalue weighted by Gasteiger charge is -2.09. The zero-order valence-corrected chi connectivity index (χ0v) is 9.32. The maximum Gasteiger partial charge on any atom is 0.141 e. The van der Waals surface area contributed by atoms with Gasteiger partial charge in [0.15, 0.2) is 0 Å². The number of ether oxygens (including phenoxy) is 2. The molecule has 2 N–H and O–H groups in total. The fraction of sp³-hybridized carbons (Fsp3) is 0.250. The number of halogens is 1. The quantitative estimate of drug-likeness (QED) is 0.860. The van der Waals surface area contributed by atoms with Gasteiger partial charge in [0.1, 0.15) is 22.5 Å². The van der Waals surface area contributed by atoms with Crippen LogP contribution in [-0.2, 0) is 11.0 Å². The zero-order valence-electron chi connectivity index (χ0n) is 7.74. The summed E-state index contributed by atoms with van der Waals surface area (Å²) in [6.07, 6.45) is 0. The van der Waals surface area contributed by atoms with Crippen molar-refractivity contribution in [3.05, 3.63) is 17.2 Å². The molecule has 0 heterocycles. The molecule has 0 fully saturated rings. The number of hydrogen-bond donors (Lipinski definition) is 1. The Morgan fingerprint density at radius 1 is 1.29 bits per heavy atom. The minimum Gasteiger partial charge on any atom is -0.495 e. The van der Waals surface area contributed by atoms with Crippen molar-refractivity contribution in [2.24, 2.45) is 5.14 Å². The molecule has 0 aliphatic heterocycles. The number of methoxy groups -OCH3 is 2. The van der Waals surface area contributed by atoms with Crippen molar-refractivity contribution in [3.8, 4) is 11.5 Å². The first kappa shape index (κ1) is 11.3. The third-order valence-corrected chi connectivity index (χ3v) is 2.70. The molecule has 1 unspecified atom stereocenters. The van der Waals surface area contributed by atoms with Crippen LogP contribution < -0.4 is 14.6 Å². The Kier molecular flexibility index (Phi) is 3.74. The van der Waals surface area contributed by atoms with Crippen molar-refractivity contribution in [2.75, 3.05) is 14.2 Å². The summed E-state index contributed by atoms with van der Waals surface area (Å²) in [6, 6.07) is 3.01. The van der Waals surface area contributed by atoms with E-state index in [2.05, 4.69) is 0 Å². The highest BCUT2D eigenvalue weighted by Crippen LogP contribution is 2.33. The van der Waals surface area contributed by atoms with E-state index in [4.69, 9.17) is 26.2 Å². The van der Waals surface area contributed by atoms with Crippen LogP contribution in [0.15, 0.2) is 17.0 Å². The average Bonchev–Trinajstić information content (AvgIpc) is 2.17. The lowest BCUT2D eigenvalue weighted by atomic mass is 10.3. The second-order valence-electron chi connectivity index (χ2n) is 2.44. The number of nitrogens with two attached hydrogens (primary N) is 1. The SMILES string of the molecule is COc1cc(OC)c(S(N)=O)cc1Cl. The Morgan fingerprint density at radius 3 is 2.29 bits per heavy atom. The summed E-state index contributed by atoms with van der Waals surface area (Å²) in [5.74, 6) is 0.852. The van der Waals surface area contributed by atoms with Gasteiger partial charge in [-0.25, -0.2) is 9.35 Å². The number of benzene rings is 1. The molecule has 0 radical (unpaired) electrons. The Morgan fingerprint density at radius 2 is 1.86 bits per heavy atom. The summed E-state index contributed by atoms with van der Waals surface area (Å²) in [4.78, 5) is 0.346. The van der Waals surface area contributed by atoms with Crippen LogP contribution in [0.1, 0.15) is 0 Å². The van der Waals surface area contributed by atoms with Gasteiger partial charge >= 0.3 is 0 Å². The molecule has 14 heavy (non-hydrogen) atoms. The molecule has 6 heteroatoms. The second-order valence-corrected chi connectivity index (χ2v) is 3.88. The Labute approximate surface area is 89.5 Å². The van der Waals surface area contributed by atoms with E-state index in [0.29, 0.717) is 21.4 Å². The van der Waals surface area contributed by atoms with Crippen LogP contribution in [0.3, 0.4) is 0 Å². The van der Waals surface area contributed by atoms with Crippen molar-refractivity contribution < 1.29 is 13.7 Å². The lowest BCUT2D eigenvalue weighted by Crippen LogP contribution is -2.05. The first-order valence-corrected chi connectivity index (χ1v) is 5.27. The molecule has 1 aromatic rings. The maximum atomic E-state index is 11.1. The number of hydrogen-bond acceptors (Lipinski definition) is 3. The molecule has 4 nitrogen and oxygen atoms in total. The minimum absolute atomic E-state index is 0.346. The van der Waals surface area contributed by atoms with Crippen molar-refractivity contribution in [3.63, 3.8) is 0 Å². The first-order valence-electron chi connectivity index (χ1n) is 3.67. The van der Waals surface area contributed by atoms with Crippen LogP contribution >= 0.6 is 11.6 Å². The van der Waals surface area contributed by atoms with Gasteiger partial charge in [-0.05, 0) is 6.07 Å². The largest absolute Gasteiger partial charge is 0.495 e. The fourth-order valence-electron chi connectivity index (χ4n) is 0.990. The van der Waals surface area contributed by atoms with Gasteiger partial charge in [-0.15, -0.1) is 0 Å². The molecular formula is C8H10ClNO3S. The van der Waals surface area contributed by atoms with Crippen molar-refractivity contribution in [2.45, 2.75) is 4.90 Å². The predicted octanol–water partition coefficient (Wildman–Crippen LogP) is 1.34. The molecule has 1 rings (SSSR count). The molecule has 1 aromatic carbocycles. The van der Waals surface area contributed by atoms with Crippen molar-refractivity contribution in [1.82, 2.24) is 0 Å². The highest BCUT2D eigenvalue weighted by atomic mass is 35.5. The Balaban J connectivity index is 3.31. The summed E-state index contributed by atoms with van der Waals surface area (Å²) in [7, 11) is 1.32. The van der Waals surface area contributed by atoms with Gasteiger partial charge in [-0.1, -0.05) is 11.6 Å². The van der Waals surface area contributed by atoms with Gasteiger partial charge in [0.05, 0.1) is 24.1 Å². The highest BCUT2D eigenvalue weighted by Gasteiger charge is 2.12.